The summed E-state index contributed by atoms with van der Waals surface area (Å²) in [6.45, 7) is 0. The Bertz CT molecular complexity index is 538. The second kappa shape index (κ2) is 4.07. The van der Waals surface area contributed by atoms with Gasteiger partial charge in [-0.15, -0.1) is 0 Å². The second-order valence-electron chi connectivity index (χ2n) is 3.56. The summed E-state index contributed by atoms with van der Waals surface area (Å²) in [5.74, 6) is -2.15. The van der Waals surface area contributed by atoms with Crippen LogP contribution in [0.3, 0.4) is 0 Å². The normalized spacial score (nSPS) is 22.8. The molecule has 0 amide bonds. The van der Waals surface area contributed by atoms with Crippen molar-refractivity contribution in [3.63, 3.8) is 0 Å². The van der Waals surface area contributed by atoms with Crippen molar-refractivity contribution < 1.29 is 18.7 Å². The molecule has 0 heterocycles. The zero-order valence-electron chi connectivity index (χ0n) is 8.87. The van der Waals surface area contributed by atoms with E-state index in [-0.39, 0.29) is 10.0 Å². The van der Waals surface area contributed by atoms with Gasteiger partial charge in [0.2, 0.25) is 5.78 Å². The van der Waals surface area contributed by atoms with Crippen LogP contribution in [0.5, 0.6) is 0 Å². The van der Waals surface area contributed by atoms with Gasteiger partial charge in [0.1, 0.15) is 0 Å². The standard InChI is InChI=1S/C12H8BrFO3/c1-17-11(16)12(14)8-5-3-2-4-7(8)6-9(13)10(12)15/h2-6H,1H3. The molecule has 0 saturated carbocycles. The zero-order chi connectivity index (χ0) is 12.6. The number of hydrogen-bond acceptors (Lipinski definition) is 3. The molecular weight excluding hydrogens is 291 g/mol. The van der Waals surface area contributed by atoms with Crippen molar-refractivity contribution in [2.24, 2.45) is 0 Å². The molecule has 0 aliphatic heterocycles. The fraction of sp³-hybridized carbons (Fsp3) is 0.167. The average Bonchev–Trinajstić information content (AvgIpc) is 2.35. The quantitative estimate of drug-likeness (QED) is 0.590. The smallest absolute Gasteiger partial charge is 0.356 e. The summed E-state index contributed by atoms with van der Waals surface area (Å²) >= 11 is 2.96. The molecule has 0 bridgehead atoms. The monoisotopic (exact) mass is 298 g/mol. The number of carbonyl (C=O) groups excluding carboxylic acids is 2. The molecule has 1 atom stereocenters. The molecule has 1 aromatic rings. The van der Waals surface area contributed by atoms with Crippen molar-refractivity contribution in [3.8, 4) is 0 Å². The fourth-order valence-electron chi connectivity index (χ4n) is 1.77. The van der Waals surface area contributed by atoms with Gasteiger partial charge in [-0.1, -0.05) is 24.3 Å². The van der Waals surface area contributed by atoms with Gasteiger partial charge >= 0.3 is 5.97 Å². The lowest BCUT2D eigenvalue weighted by atomic mass is 9.83. The van der Waals surface area contributed by atoms with E-state index in [1.54, 1.807) is 18.2 Å². The Hall–Kier alpha value is -1.49. The van der Waals surface area contributed by atoms with E-state index in [1.807, 2.05) is 0 Å². The van der Waals surface area contributed by atoms with E-state index in [0.717, 1.165) is 7.11 Å². The largest absolute Gasteiger partial charge is 0.466 e. The van der Waals surface area contributed by atoms with Crippen molar-refractivity contribution >= 4 is 33.8 Å². The minimum absolute atomic E-state index is 0.0139. The van der Waals surface area contributed by atoms with Crippen LogP contribution < -0.4 is 0 Å². The van der Waals surface area contributed by atoms with Crippen molar-refractivity contribution in [3.05, 3.63) is 39.9 Å². The number of benzene rings is 1. The summed E-state index contributed by atoms with van der Waals surface area (Å²) in [4.78, 5) is 23.4. The fourth-order valence-corrected chi connectivity index (χ4v) is 2.29. The molecule has 3 nitrogen and oxygen atoms in total. The van der Waals surface area contributed by atoms with Gasteiger partial charge in [0.25, 0.3) is 5.67 Å². The van der Waals surface area contributed by atoms with Crippen LogP contribution in [0.25, 0.3) is 6.08 Å². The third kappa shape index (κ3) is 1.61. The first-order valence-electron chi connectivity index (χ1n) is 4.80. The zero-order valence-corrected chi connectivity index (χ0v) is 10.5. The summed E-state index contributed by atoms with van der Waals surface area (Å²) in [5.41, 5.74) is -2.27. The topological polar surface area (TPSA) is 43.4 Å². The summed E-state index contributed by atoms with van der Waals surface area (Å²) in [7, 11) is 1.05. The number of hydrogen-bond donors (Lipinski definition) is 0. The Kier molecular flexibility index (Phi) is 2.87. The highest BCUT2D eigenvalue weighted by atomic mass is 79.9. The molecule has 5 heteroatoms. The number of halogens is 2. The summed E-state index contributed by atoms with van der Waals surface area (Å²) < 4.78 is 19.1. The van der Waals surface area contributed by atoms with E-state index in [9.17, 15) is 14.0 Å². The molecule has 17 heavy (non-hydrogen) atoms. The van der Waals surface area contributed by atoms with Crippen molar-refractivity contribution in [1.82, 2.24) is 0 Å². The summed E-state index contributed by atoms with van der Waals surface area (Å²) in [5, 5.41) is 0. The second-order valence-corrected chi connectivity index (χ2v) is 4.41. The van der Waals surface area contributed by atoms with Crippen LogP contribution in [-0.4, -0.2) is 18.9 Å². The molecule has 2 rings (SSSR count). The van der Waals surface area contributed by atoms with Crippen LogP contribution >= 0.6 is 15.9 Å². The van der Waals surface area contributed by atoms with Gasteiger partial charge in [0, 0.05) is 5.56 Å². The molecule has 1 aliphatic rings. The molecule has 1 aromatic carbocycles. The Morgan fingerprint density at radius 2 is 2.06 bits per heavy atom. The minimum atomic E-state index is -2.76. The number of carbonyl (C=O) groups is 2. The van der Waals surface area contributed by atoms with Gasteiger partial charge in [0.05, 0.1) is 11.6 Å². The SMILES string of the molecule is COC(=O)C1(F)C(=O)C(Br)=Cc2ccccc21. The first-order valence-corrected chi connectivity index (χ1v) is 5.60. The predicted molar refractivity (Wildman–Crippen MR) is 63.2 cm³/mol. The minimum Gasteiger partial charge on any atom is -0.466 e. The Morgan fingerprint density at radius 1 is 1.41 bits per heavy atom. The molecule has 0 saturated heterocycles. The Labute approximate surface area is 105 Å². The van der Waals surface area contributed by atoms with Gasteiger partial charge in [-0.05, 0) is 27.6 Å². The highest BCUT2D eigenvalue weighted by Gasteiger charge is 2.53. The average molecular weight is 299 g/mol. The predicted octanol–water partition coefficient (Wildman–Crippen LogP) is 2.34. The number of esters is 1. The molecule has 0 aromatic heterocycles. The third-order valence-electron chi connectivity index (χ3n) is 2.61. The summed E-state index contributed by atoms with van der Waals surface area (Å²) in [6.07, 6.45) is 1.48. The maximum atomic E-state index is 14.7. The van der Waals surface area contributed by atoms with E-state index in [0.29, 0.717) is 5.56 Å². The molecule has 0 fully saturated rings. The molecular formula is C12H8BrFO3. The van der Waals surface area contributed by atoms with Gasteiger partial charge < -0.3 is 4.74 Å². The molecule has 0 N–H and O–H groups in total. The number of ketones is 1. The van der Waals surface area contributed by atoms with Crippen LogP contribution in [0.15, 0.2) is 28.7 Å². The lowest BCUT2D eigenvalue weighted by Gasteiger charge is -2.26. The number of rotatable bonds is 1. The van der Waals surface area contributed by atoms with E-state index in [2.05, 4.69) is 20.7 Å². The third-order valence-corrected chi connectivity index (χ3v) is 3.20. The Morgan fingerprint density at radius 3 is 2.71 bits per heavy atom. The van der Waals surface area contributed by atoms with E-state index in [1.165, 1.54) is 12.1 Å². The number of ether oxygens (including phenoxy) is 1. The van der Waals surface area contributed by atoms with E-state index in [4.69, 9.17) is 0 Å². The number of methoxy groups -OCH3 is 1. The first kappa shape index (κ1) is 12.0. The number of fused-ring (bicyclic) bond motifs is 1. The Balaban J connectivity index is 2.72. The maximum absolute atomic E-state index is 14.7. The lowest BCUT2D eigenvalue weighted by Crippen LogP contribution is -2.42. The maximum Gasteiger partial charge on any atom is 0.356 e. The first-order chi connectivity index (χ1) is 8.01. The lowest BCUT2D eigenvalue weighted by molar-refractivity contribution is -0.159. The number of alkyl halides is 1. The van der Waals surface area contributed by atoms with Crippen LogP contribution in [0, 0.1) is 0 Å². The number of allylic oxidation sites excluding steroid dienone is 1. The van der Waals surface area contributed by atoms with Gasteiger partial charge in [-0.3, -0.25) is 4.79 Å². The van der Waals surface area contributed by atoms with Gasteiger partial charge in [-0.2, -0.15) is 0 Å². The molecule has 88 valence electrons. The van der Waals surface area contributed by atoms with Crippen LogP contribution in [0.4, 0.5) is 4.39 Å². The van der Waals surface area contributed by atoms with Gasteiger partial charge in [0.15, 0.2) is 0 Å². The molecule has 1 unspecified atom stereocenters. The van der Waals surface area contributed by atoms with E-state index < -0.39 is 17.4 Å². The highest BCUT2D eigenvalue weighted by molar-refractivity contribution is 9.12. The molecule has 0 radical (unpaired) electrons. The van der Waals surface area contributed by atoms with Crippen molar-refractivity contribution in [1.29, 1.82) is 0 Å². The van der Waals surface area contributed by atoms with Gasteiger partial charge in [-0.25, -0.2) is 9.18 Å². The highest BCUT2D eigenvalue weighted by Crippen LogP contribution is 2.40. The van der Waals surface area contributed by atoms with Crippen molar-refractivity contribution in [2.45, 2.75) is 5.67 Å². The number of Topliss-reactive ketones (excluding diaryl/α,β-unsaturated/α-hetero) is 1. The van der Waals surface area contributed by atoms with Crippen LogP contribution in [-0.2, 0) is 20.0 Å². The van der Waals surface area contributed by atoms with Crippen LogP contribution in [0.2, 0.25) is 0 Å². The molecule has 0 spiro atoms. The molecule has 1 aliphatic carbocycles. The van der Waals surface area contributed by atoms with Crippen LogP contribution in [0.1, 0.15) is 11.1 Å². The van der Waals surface area contributed by atoms with E-state index >= 15 is 0 Å². The van der Waals surface area contributed by atoms with Crippen molar-refractivity contribution in [2.75, 3.05) is 7.11 Å². The summed E-state index contributed by atoms with van der Waals surface area (Å²) in [6, 6.07) is 6.29.